The van der Waals surface area contributed by atoms with E-state index in [-0.39, 0.29) is 24.4 Å². The van der Waals surface area contributed by atoms with E-state index in [9.17, 15) is 9.59 Å². The molecule has 0 N–H and O–H groups in total. The molecule has 192 valence electrons. The average Bonchev–Trinajstić information content (AvgIpc) is 3.37. The number of hydrazone groups is 1. The third kappa shape index (κ3) is 6.03. The summed E-state index contributed by atoms with van der Waals surface area (Å²) in [6, 6.07) is 15.1. The fourth-order valence-corrected chi connectivity index (χ4v) is 4.55. The van der Waals surface area contributed by atoms with Crippen LogP contribution in [0.5, 0.6) is 11.5 Å². The van der Waals surface area contributed by atoms with Gasteiger partial charge in [-0.05, 0) is 17.7 Å². The summed E-state index contributed by atoms with van der Waals surface area (Å²) in [5, 5.41) is 6.28. The highest BCUT2D eigenvalue weighted by molar-refractivity contribution is 6.05. The largest absolute Gasteiger partial charge is 0.497 e. The first-order valence-corrected chi connectivity index (χ1v) is 12.2. The minimum atomic E-state index is -0.270. The van der Waals surface area contributed by atoms with Gasteiger partial charge in [0.1, 0.15) is 18.0 Å². The molecule has 0 aromatic heterocycles. The number of hydrogen-bond donors (Lipinski definition) is 0. The molecule has 0 spiro atoms. The first-order chi connectivity index (χ1) is 17.5. The molecular weight excluding hydrogens is 460 g/mol. The van der Waals surface area contributed by atoms with Crippen LogP contribution in [0.4, 0.5) is 0 Å². The molecule has 0 aliphatic carbocycles. The molecule has 1 saturated heterocycles. The van der Waals surface area contributed by atoms with Crippen molar-refractivity contribution < 1.29 is 23.8 Å². The van der Waals surface area contributed by atoms with E-state index >= 15 is 0 Å². The van der Waals surface area contributed by atoms with Gasteiger partial charge in [0.2, 0.25) is 5.91 Å². The van der Waals surface area contributed by atoms with Gasteiger partial charge in [0.25, 0.3) is 5.91 Å². The maximum absolute atomic E-state index is 13.6. The second-order valence-electron chi connectivity index (χ2n) is 8.88. The van der Waals surface area contributed by atoms with Crippen LogP contribution in [-0.2, 0) is 14.3 Å². The van der Waals surface area contributed by atoms with Crippen LogP contribution < -0.4 is 9.47 Å². The van der Waals surface area contributed by atoms with Crippen molar-refractivity contribution in [1.82, 2.24) is 14.8 Å². The van der Waals surface area contributed by atoms with Crippen LogP contribution in [0.1, 0.15) is 30.5 Å². The van der Waals surface area contributed by atoms with Crippen LogP contribution in [-0.4, -0.2) is 92.5 Å². The third-order valence-corrected chi connectivity index (χ3v) is 6.63. The maximum atomic E-state index is 13.6. The number of ether oxygens (including phenoxy) is 3. The molecule has 2 heterocycles. The van der Waals surface area contributed by atoms with Crippen LogP contribution in [0.2, 0.25) is 0 Å². The van der Waals surface area contributed by atoms with Crippen molar-refractivity contribution >= 4 is 17.5 Å². The van der Waals surface area contributed by atoms with Crippen molar-refractivity contribution in [3.63, 3.8) is 0 Å². The Morgan fingerprint density at radius 2 is 1.83 bits per heavy atom. The summed E-state index contributed by atoms with van der Waals surface area (Å²) >= 11 is 0. The molecule has 36 heavy (non-hydrogen) atoms. The molecule has 4 rings (SSSR count). The van der Waals surface area contributed by atoms with E-state index < -0.39 is 0 Å². The van der Waals surface area contributed by atoms with E-state index in [1.165, 1.54) is 11.9 Å². The standard InChI is InChI=1S/C27H34N4O5/c1-20(32)30(12-11-29-13-15-36-16-14-29)19-27(33)31-25(21-7-5-4-6-8-21)18-24(28-31)23-10-9-22(34-2)17-26(23)35-3/h4-10,17,25H,11-16,18-19H2,1-3H3/t25-/m0/s1. The Morgan fingerprint density at radius 3 is 2.50 bits per heavy atom. The molecule has 2 aliphatic rings. The first-order valence-electron chi connectivity index (χ1n) is 12.2. The van der Waals surface area contributed by atoms with Gasteiger partial charge >= 0.3 is 0 Å². The van der Waals surface area contributed by atoms with Crippen LogP contribution >= 0.6 is 0 Å². The van der Waals surface area contributed by atoms with Crippen molar-refractivity contribution in [2.75, 3.05) is 60.2 Å². The number of carbonyl (C=O) groups excluding carboxylic acids is 2. The van der Waals surface area contributed by atoms with Crippen LogP contribution in [0.3, 0.4) is 0 Å². The summed E-state index contributed by atoms with van der Waals surface area (Å²) in [6.45, 7) is 5.71. The number of amides is 2. The van der Waals surface area contributed by atoms with E-state index in [0.29, 0.717) is 44.2 Å². The summed E-state index contributed by atoms with van der Waals surface area (Å²) in [6.07, 6.45) is 0.534. The van der Waals surface area contributed by atoms with Crippen LogP contribution in [0.15, 0.2) is 53.6 Å². The molecule has 9 heteroatoms. The Morgan fingerprint density at radius 1 is 1.08 bits per heavy atom. The van der Waals surface area contributed by atoms with E-state index in [2.05, 4.69) is 4.90 Å². The molecule has 0 unspecified atom stereocenters. The lowest BCUT2D eigenvalue weighted by Crippen LogP contribution is -2.45. The monoisotopic (exact) mass is 494 g/mol. The second kappa shape index (κ2) is 12.0. The summed E-state index contributed by atoms with van der Waals surface area (Å²) < 4.78 is 16.3. The Balaban J connectivity index is 1.56. The summed E-state index contributed by atoms with van der Waals surface area (Å²) in [5.74, 6) is 0.959. The fourth-order valence-electron chi connectivity index (χ4n) is 4.55. The second-order valence-corrected chi connectivity index (χ2v) is 8.88. The van der Waals surface area contributed by atoms with Gasteiger partial charge in [-0.25, -0.2) is 5.01 Å². The zero-order valence-corrected chi connectivity index (χ0v) is 21.2. The van der Waals surface area contributed by atoms with Crippen molar-refractivity contribution in [2.24, 2.45) is 5.10 Å². The molecule has 1 atom stereocenters. The van der Waals surface area contributed by atoms with Crippen molar-refractivity contribution in [3.05, 3.63) is 59.7 Å². The number of nitrogens with zero attached hydrogens (tertiary/aromatic N) is 4. The topological polar surface area (TPSA) is 83.9 Å². The number of carbonyl (C=O) groups is 2. The predicted molar refractivity (Wildman–Crippen MR) is 136 cm³/mol. The van der Waals surface area contributed by atoms with Gasteiger partial charge in [0, 0.05) is 51.2 Å². The molecular formula is C27H34N4O5. The van der Waals surface area contributed by atoms with Gasteiger partial charge in [-0.15, -0.1) is 0 Å². The smallest absolute Gasteiger partial charge is 0.262 e. The van der Waals surface area contributed by atoms with E-state index in [0.717, 1.165) is 29.9 Å². The summed E-state index contributed by atoms with van der Waals surface area (Å²) in [5.41, 5.74) is 2.55. The summed E-state index contributed by atoms with van der Waals surface area (Å²) in [7, 11) is 3.21. The number of morpholine rings is 1. The minimum absolute atomic E-state index is 0.0282. The highest BCUT2D eigenvalue weighted by Gasteiger charge is 2.35. The molecule has 2 amide bonds. The van der Waals surface area contributed by atoms with Crippen molar-refractivity contribution in [1.29, 1.82) is 0 Å². The van der Waals surface area contributed by atoms with Gasteiger partial charge in [0.15, 0.2) is 0 Å². The van der Waals surface area contributed by atoms with Gasteiger partial charge in [-0.3, -0.25) is 14.5 Å². The zero-order valence-electron chi connectivity index (χ0n) is 21.2. The van der Waals surface area contributed by atoms with Crippen LogP contribution in [0, 0.1) is 0 Å². The lowest BCUT2D eigenvalue weighted by molar-refractivity contribution is -0.140. The molecule has 0 saturated carbocycles. The molecule has 0 bridgehead atoms. The van der Waals surface area contributed by atoms with Gasteiger partial charge in [0.05, 0.1) is 39.2 Å². The molecule has 2 aliphatic heterocycles. The normalized spacial score (nSPS) is 18.0. The predicted octanol–water partition coefficient (Wildman–Crippen LogP) is 2.56. The quantitative estimate of drug-likeness (QED) is 0.533. The Hall–Kier alpha value is -3.43. The molecule has 0 radical (unpaired) electrons. The number of hydrogen-bond acceptors (Lipinski definition) is 7. The van der Waals surface area contributed by atoms with Crippen molar-refractivity contribution in [3.8, 4) is 11.5 Å². The zero-order chi connectivity index (χ0) is 25.5. The Kier molecular flexibility index (Phi) is 8.56. The lowest BCUT2D eigenvalue weighted by atomic mass is 9.98. The van der Waals surface area contributed by atoms with Crippen LogP contribution in [0.25, 0.3) is 0 Å². The molecule has 1 fully saturated rings. The van der Waals surface area contributed by atoms with Gasteiger partial charge < -0.3 is 19.1 Å². The SMILES string of the molecule is COc1ccc(C2=NN(C(=O)CN(CCN3CCOCC3)C(C)=O)[C@H](c3ccccc3)C2)c(OC)c1. The molecule has 2 aromatic carbocycles. The number of methoxy groups -OCH3 is 2. The third-order valence-electron chi connectivity index (χ3n) is 6.63. The average molecular weight is 495 g/mol. The van der Waals surface area contributed by atoms with Crippen molar-refractivity contribution in [2.45, 2.75) is 19.4 Å². The maximum Gasteiger partial charge on any atom is 0.262 e. The van der Waals surface area contributed by atoms with Gasteiger partial charge in [-0.1, -0.05) is 30.3 Å². The lowest BCUT2D eigenvalue weighted by Gasteiger charge is -2.30. The highest BCUT2D eigenvalue weighted by Crippen LogP contribution is 2.36. The summed E-state index contributed by atoms with van der Waals surface area (Å²) in [4.78, 5) is 29.8. The van der Waals surface area contributed by atoms with E-state index in [1.54, 1.807) is 19.1 Å². The Bertz CT molecular complexity index is 1080. The molecule has 9 nitrogen and oxygen atoms in total. The minimum Gasteiger partial charge on any atom is -0.497 e. The van der Waals surface area contributed by atoms with E-state index in [4.69, 9.17) is 19.3 Å². The van der Waals surface area contributed by atoms with E-state index in [1.807, 2.05) is 48.5 Å². The Labute approximate surface area is 212 Å². The number of rotatable bonds is 9. The molecule has 2 aromatic rings. The highest BCUT2D eigenvalue weighted by atomic mass is 16.5. The van der Waals surface area contributed by atoms with Gasteiger partial charge in [-0.2, -0.15) is 5.10 Å². The first kappa shape index (κ1) is 25.7. The number of benzene rings is 2. The fraction of sp³-hybridized carbons (Fsp3) is 0.444.